The Bertz CT molecular complexity index is 2030. The Hall–Kier alpha value is -4.75. The summed E-state index contributed by atoms with van der Waals surface area (Å²) in [5.74, 6) is 1.50. The van der Waals surface area contributed by atoms with E-state index in [2.05, 4.69) is 37.5 Å². The number of anilines is 5. The van der Waals surface area contributed by atoms with Crippen LogP contribution < -0.4 is 20.3 Å². The monoisotopic (exact) mass is 693 g/mol. The number of aliphatic hydroxyl groups excluding tert-OH is 1. The standard InChI is InChI=1S/C38H43N7O4S/c1-49-35-27-29(44-19-17-28(18-20-44)45-23-21-43(22-24-45)25-26-46)15-16-33(35)41-38-40-32-12-6-5-11-31(32)37(42-38)39-34-13-7-8-14-36(34)50(47,48)30-9-3-2-4-10-30/h2-16,27-28,46H,17-26H2,1H3,(H2,39,40,41,42). The lowest BCUT2D eigenvalue weighted by atomic mass is 10.0. The highest BCUT2D eigenvalue weighted by atomic mass is 32.2. The predicted octanol–water partition coefficient (Wildman–Crippen LogP) is 5.54. The van der Waals surface area contributed by atoms with Crippen LogP contribution in [0.4, 0.5) is 28.8 Å². The maximum absolute atomic E-state index is 13.6. The average molecular weight is 694 g/mol. The molecular weight excluding hydrogens is 651 g/mol. The fourth-order valence-corrected chi connectivity index (χ4v) is 8.40. The summed E-state index contributed by atoms with van der Waals surface area (Å²) in [7, 11) is -2.13. The number of aromatic nitrogens is 2. The zero-order chi connectivity index (χ0) is 34.5. The number of piperazine rings is 1. The number of nitrogens with zero attached hydrogens (tertiary/aromatic N) is 5. The molecule has 7 rings (SSSR count). The number of hydrogen-bond donors (Lipinski definition) is 3. The van der Waals surface area contributed by atoms with Gasteiger partial charge in [0.2, 0.25) is 15.8 Å². The summed E-state index contributed by atoms with van der Waals surface area (Å²) in [6.07, 6.45) is 2.22. The molecule has 12 heteroatoms. The number of ether oxygens (including phenoxy) is 1. The molecule has 50 heavy (non-hydrogen) atoms. The fraction of sp³-hybridized carbons (Fsp3) is 0.316. The quantitative estimate of drug-likeness (QED) is 0.162. The first kappa shape index (κ1) is 33.7. The van der Waals surface area contributed by atoms with E-state index in [1.165, 1.54) is 0 Å². The Morgan fingerprint density at radius 1 is 0.800 bits per heavy atom. The van der Waals surface area contributed by atoms with Crippen molar-refractivity contribution in [1.29, 1.82) is 0 Å². The second kappa shape index (κ2) is 15.0. The Morgan fingerprint density at radius 3 is 2.28 bits per heavy atom. The number of benzene rings is 4. The number of para-hydroxylation sites is 2. The number of fused-ring (bicyclic) bond motifs is 1. The molecule has 0 amide bonds. The molecule has 0 spiro atoms. The van der Waals surface area contributed by atoms with Gasteiger partial charge in [-0.1, -0.05) is 42.5 Å². The molecule has 4 aromatic carbocycles. The van der Waals surface area contributed by atoms with E-state index < -0.39 is 9.84 Å². The topological polar surface area (TPSA) is 123 Å². The van der Waals surface area contributed by atoms with Crippen LogP contribution in [0.5, 0.6) is 5.75 Å². The van der Waals surface area contributed by atoms with Crippen molar-refractivity contribution in [1.82, 2.24) is 19.8 Å². The first-order valence-corrected chi connectivity index (χ1v) is 18.6. The van der Waals surface area contributed by atoms with Crippen LogP contribution in [0.25, 0.3) is 10.9 Å². The summed E-state index contributed by atoms with van der Waals surface area (Å²) in [4.78, 5) is 17.4. The molecule has 3 heterocycles. The van der Waals surface area contributed by atoms with Crippen LogP contribution in [0.1, 0.15) is 12.8 Å². The fourth-order valence-electron chi connectivity index (χ4n) is 6.97. The second-order valence-corrected chi connectivity index (χ2v) is 14.6. The van der Waals surface area contributed by atoms with Gasteiger partial charge in [0.1, 0.15) is 11.6 Å². The average Bonchev–Trinajstić information content (AvgIpc) is 3.16. The number of sulfone groups is 1. The molecule has 0 radical (unpaired) electrons. The van der Waals surface area contributed by atoms with Crippen LogP contribution in [0.3, 0.4) is 0 Å². The Balaban J connectivity index is 1.09. The van der Waals surface area contributed by atoms with Crippen LogP contribution in [0.15, 0.2) is 107 Å². The number of aliphatic hydroxyl groups is 1. The molecule has 5 aromatic rings. The lowest BCUT2D eigenvalue weighted by molar-refractivity contribution is 0.0747. The second-order valence-electron chi connectivity index (χ2n) is 12.7. The Morgan fingerprint density at radius 2 is 1.52 bits per heavy atom. The lowest BCUT2D eigenvalue weighted by Crippen LogP contribution is -2.53. The molecule has 1 aromatic heterocycles. The van der Waals surface area contributed by atoms with Gasteiger partial charge in [0, 0.05) is 69.0 Å². The maximum Gasteiger partial charge on any atom is 0.229 e. The SMILES string of the molecule is COc1cc(N2CCC(N3CCN(CCO)CC3)CC2)ccc1Nc1nc(Nc2ccccc2S(=O)(=O)c2ccccc2)c2ccccc2n1. The number of hydrogen-bond acceptors (Lipinski definition) is 11. The van der Waals surface area contributed by atoms with E-state index in [1.54, 1.807) is 61.7 Å². The minimum atomic E-state index is -3.79. The third kappa shape index (κ3) is 7.24. The van der Waals surface area contributed by atoms with E-state index in [0.717, 1.165) is 75.4 Å². The van der Waals surface area contributed by atoms with Gasteiger partial charge >= 0.3 is 0 Å². The van der Waals surface area contributed by atoms with Gasteiger partial charge in [0.25, 0.3) is 0 Å². The van der Waals surface area contributed by atoms with E-state index >= 15 is 0 Å². The van der Waals surface area contributed by atoms with Gasteiger partial charge in [-0.05, 0) is 61.4 Å². The summed E-state index contributed by atoms with van der Waals surface area (Å²) in [6.45, 7) is 7.10. The Labute approximate surface area is 293 Å². The Kier molecular flexibility index (Phi) is 10.1. The van der Waals surface area contributed by atoms with Gasteiger partial charge in [-0.2, -0.15) is 4.98 Å². The van der Waals surface area contributed by atoms with E-state index in [4.69, 9.17) is 14.7 Å². The van der Waals surface area contributed by atoms with E-state index in [9.17, 15) is 13.5 Å². The zero-order valence-corrected chi connectivity index (χ0v) is 29.0. The number of piperidine rings is 1. The first-order valence-electron chi connectivity index (χ1n) is 17.1. The van der Waals surface area contributed by atoms with Crippen molar-refractivity contribution in [3.8, 4) is 5.75 Å². The van der Waals surface area contributed by atoms with Crippen LogP contribution in [0, 0.1) is 0 Å². The zero-order valence-electron chi connectivity index (χ0n) is 28.2. The molecule has 3 N–H and O–H groups in total. The smallest absolute Gasteiger partial charge is 0.229 e. The van der Waals surface area contributed by atoms with Gasteiger partial charge in [-0.25, -0.2) is 13.4 Å². The lowest BCUT2D eigenvalue weighted by Gasteiger charge is -2.43. The molecule has 0 atom stereocenters. The van der Waals surface area contributed by atoms with Gasteiger partial charge in [0.05, 0.1) is 40.4 Å². The molecule has 11 nitrogen and oxygen atoms in total. The number of methoxy groups -OCH3 is 1. The molecule has 2 aliphatic rings. The third-order valence-electron chi connectivity index (χ3n) is 9.69. The number of β-amino-alcohol motifs (C(OH)–C–C–N with tert-alkyl or cyclic N) is 1. The van der Waals surface area contributed by atoms with Crippen molar-refractivity contribution in [2.75, 3.05) is 75.1 Å². The summed E-state index contributed by atoms with van der Waals surface area (Å²) in [6, 6.07) is 29.6. The number of rotatable bonds is 11. The summed E-state index contributed by atoms with van der Waals surface area (Å²) < 4.78 is 33.1. The van der Waals surface area contributed by atoms with Gasteiger partial charge in [-0.3, -0.25) is 9.80 Å². The summed E-state index contributed by atoms with van der Waals surface area (Å²) in [5, 5.41) is 16.7. The van der Waals surface area contributed by atoms with Gasteiger partial charge < -0.3 is 25.4 Å². The largest absolute Gasteiger partial charge is 0.494 e. The molecular formula is C38H43N7O4S. The van der Waals surface area contributed by atoms with Crippen molar-refractivity contribution in [2.45, 2.75) is 28.7 Å². The van der Waals surface area contributed by atoms with Crippen LogP contribution in [-0.2, 0) is 9.84 Å². The maximum atomic E-state index is 13.6. The molecule has 0 unspecified atom stereocenters. The molecule has 2 saturated heterocycles. The molecule has 0 aliphatic carbocycles. The van der Waals surface area contributed by atoms with Crippen molar-refractivity contribution in [3.63, 3.8) is 0 Å². The molecule has 2 fully saturated rings. The van der Waals surface area contributed by atoms with Crippen LogP contribution >= 0.6 is 0 Å². The summed E-state index contributed by atoms with van der Waals surface area (Å²) in [5.41, 5.74) is 2.95. The molecule has 0 bridgehead atoms. The highest BCUT2D eigenvalue weighted by Gasteiger charge is 2.28. The van der Waals surface area contributed by atoms with Crippen LogP contribution in [0.2, 0.25) is 0 Å². The number of nitrogens with one attached hydrogen (secondary N) is 2. The molecule has 260 valence electrons. The predicted molar refractivity (Wildman–Crippen MR) is 198 cm³/mol. The normalized spacial score (nSPS) is 16.4. The van der Waals surface area contributed by atoms with E-state index in [0.29, 0.717) is 34.8 Å². The van der Waals surface area contributed by atoms with Gasteiger partial charge in [0.15, 0.2) is 0 Å². The van der Waals surface area contributed by atoms with Gasteiger partial charge in [-0.15, -0.1) is 0 Å². The molecule has 0 saturated carbocycles. The van der Waals surface area contributed by atoms with Crippen molar-refractivity contribution in [3.05, 3.63) is 97.1 Å². The van der Waals surface area contributed by atoms with Crippen molar-refractivity contribution >= 4 is 49.6 Å². The molecule has 2 aliphatic heterocycles. The van der Waals surface area contributed by atoms with Crippen LogP contribution in [-0.4, -0.2) is 98.9 Å². The van der Waals surface area contributed by atoms with E-state index in [1.807, 2.05) is 30.3 Å². The van der Waals surface area contributed by atoms with E-state index in [-0.39, 0.29) is 16.4 Å². The third-order valence-corrected chi connectivity index (χ3v) is 11.5. The first-order chi connectivity index (χ1) is 24.4. The highest BCUT2D eigenvalue weighted by Crippen LogP contribution is 2.35. The van der Waals surface area contributed by atoms with Crippen molar-refractivity contribution < 1.29 is 18.3 Å². The van der Waals surface area contributed by atoms with Crippen molar-refractivity contribution in [2.24, 2.45) is 0 Å². The highest BCUT2D eigenvalue weighted by molar-refractivity contribution is 7.91. The minimum absolute atomic E-state index is 0.158. The summed E-state index contributed by atoms with van der Waals surface area (Å²) >= 11 is 0. The minimum Gasteiger partial charge on any atom is -0.494 e.